The van der Waals surface area contributed by atoms with Gasteiger partial charge in [0.2, 0.25) is 0 Å². The number of benzene rings is 2. The molecule has 19 heavy (non-hydrogen) atoms. The first kappa shape index (κ1) is 12.6. The number of carbonyl (C=O) groups is 2. The lowest BCUT2D eigenvalue weighted by Crippen LogP contribution is -1.99. The van der Waals surface area contributed by atoms with Gasteiger partial charge in [-0.1, -0.05) is 24.3 Å². The Labute approximate surface area is 108 Å². The lowest BCUT2D eigenvalue weighted by atomic mass is 9.99. The van der Waals surface area contributed by atoms with Gasteiger partial charge in [0.1, 0.15) is 11.3 Å². The van der Waals surface area contributed by atoms with Crippen LogP contribution in [0.2, 0.25) is 0 Å². The largest absolute Gasteiger partial charge is 0.506 e. The van der Waals surface area contributed by atoms with E-state index in [1.165, 1.54) is 12.1 Å². The van der Waals surface area contributed by atoms with Gasteiger partial charge in [-0.25, -0.2) is 9.59 Å². The summed E-state index contributed by atoms with van der Waals surface area (Å²) in [5.41, 5.74) is -0.0818. The van der Waals surface area contributed by atoms with Crippen LogP contribution in [0.5, 0.6) is 5.75 Å². The molecule has 2 aromatic rings. The van der Waals surface area contributed by atoms with Crippen LogP contribution < -0.4 is 0 Å². The van der Waals surface area contributed by atoms with Gasteiger partial charge in [-0.2, -0.15) is 0 Å². The van der Waals surface area contributed by atoms with E-state index in [2.05, 4.69) is 0 Å². The molecule has 5 nitrogen and oxygen atoms in total. The first-order valence-corrected chi connectivity index (χ1v) is 5.39. The molecule has 2 rings (SSSR count). The van der Waals surface area contributed by atoms with Gasteiger partial charge in [-0.15, -0.1) is 0 Å². The van der Waals surface area contributed by atoms with Crippen molar-refractivity contribution in [2.45, 2.75) is 0 Å². The Morgan fingerprint density at radius 2 is 1.79 bits per heavy atom. The van der Waals surface area contributed by atoms with Crippen LogP contribution in [0.4, 0.5) is 0 Å². The van der Waals surface area contributed by atoms with E-state index in [9.17, 15) is 14.7 Å². The molecule has 3 N–H and O–H groups in total. The van der Waals surface area contributed by atoms with E-state index in [1.54, 1.807) is 24.3 Å². The smallest absolute Gasteiger partial charge is 0.339 e. The molecule has 2 aromatic carbocycles. The highest BCUT2D eigenvalue weighted by Gasteiger charge is 2.15. The molecule has 0 aliphatic carbocycles. The molecule has 96 valence electrons. The Kier molecular flexibility index (Phi) is 3.20. The van der Waals surface area contributed by atoms with Crippen LogP contribution in [0.25, 0.3) is 16.8 Å². The Morgan fingerprint density at radius 1 is 1.11 bits per heavy atom. The third kappa shape index (κ3) is 2.40. The number of phenols is 1. The summed E-state index contributed by atoms with van der Waals surface area (Å²) in [6, 6.07) is 8.18. The highest BCUT2D eigenvalue weighted by atomic mass is 16.4. The van der Waals surface area contributed by atoms with Gasteiger partial charge in [0.25, 0.3) is 0 Å². The number of hydrogen-bond acceptors (Lipinski definition) is 3. The van der Waals surface area contributed by atoms with Gasteiger partial charge >= 0.3 is 11.9 Å². The maximum atomic E-state index is 11.1. The summed E-state index contributed by atoms with van der Waals surface area (Å²) in [5.74, 6) is -2.89. The molecule has 0 spiro atoms. The summed E-state index contributed by atoms with van der Waals surface area (Å²) in [7, 11) is 0. The van der Waals surface area contributed by atoms with E-state index in [0.717, 1.165) is 6.08 Å². The number of rotatable bonds is 3. The molecule has 0 unspecified atom stereocenters. The molecule has 0 amide bonds. The number of carboxylic acids is 2. The van der Waals surface area contributed by atoms with Crippen molar-refractivity contribution in [3.63, 3.8) is 0 Å². The molecule has 0 heterocycles. The topological polar surface area (TPSA) is 94.8 Å². The molecule has 0 saturated carbocycles. The fraction of sp³-hybridized carbons (Fsp3) is 0. The van der Waals surface area contributed by atoms with Gasteiger partial charge in [0.15, 0.2) is 0 Å². The van der Waals surface area contributed by atoms with E-state index in [1.807, 2.05) is 0 Å². The van der Waals surface area contributed by atoms with Crippen LogP contribution in [0.1, 0.15) is 15.9 Å². The van der Waals surface area contributed by atoms with Gasteiger partial charge in [0.05, 0.1) is 0 Å². The van der Waals surface area contributed by atoms with Crippen molar-refractivity contribution in [3.8, 4) is 5.75 Å². The Morgan fingerprint density at radius 3 is 2.42 bits per heavy atom. The zero-order valence-corrected chi connectivity index (χ0v) is 9.70. The highest BCUT2D eigenvalue weighted by Crippen LogP contribution is 2.32. The molecule has 0 atom stereocenters. The fourth-order valence-electron chi connectivity index (χ4n) is 1.85. The minimum absolute atomic E-state index is 0.179. The molecular weight excluding hydrogens is 248 g/mol. The van der Waals surface area contributed by atoms with E-state index < -0.39 is 17.7 Å². The van der Waals surface area contributed by atoms with E-state index in [4.69, 9.17) is 10.2 Å². The first-order valence-electron chi connectivity index (χ1n) is 5.39. The van der Waals surface area contributed by atoms with Crippen LogP contribution in [0, 0.1) is 0 Å². The van der Waals surface area contributed by atoms with Crippen LogP contribution in [0.3, 0.4) is 0 Å². The summed E-state index contributed by atoms with van der Waals surface area (Å²) in [6.07, 6.45) is 2.04. The summed E-state index contributed by atoms with van der Waals surface area (Å²) in [4.78, 5) is 21.6. The second-order valence-electron chi connectivity index (χ2n) is 3.88. The minimum atomic E-state index is -1.27. The van der Waals surface area contributed by atoms with Crippen molar-refractivity contribution >= 4 is 28.8 Å². The van der Waals surface area contributed by atoms with E-state index in [0.29, 0.717) is 10.8 Å². The average molecular weight is 258 g/mol. The number of hydrogen-bond donors (Lipinski definition) is 3. The van der Waals surface area contributed by atoms with Gasteiger partial charge in [-0.05, 0) is 22.9 Å². The lowest BCUT2D eigenvalue weighted by Gasteiger charge is -2.08. The fourth-order valence-corrected chi connectivity index (χ4v) is 1.85. The quantitative estimate of drug-likeness (QED) is 0.734. The second kappa shape index (κ2) is 4.81. The summed E-state index contributed by atoms with van der Waals surface area (Å²) >= 11 is 0. The van der Waals surface area contributed by atoms with Gasteiger partial charge in [0, 0.05) is 11.6 Å². The van der Waals surface area contributed by atoms with Gasteiger partial charge in [-0.3, -0.25) is 0 Å². The molecular formula is C14H10O5. The maximum absolute atomic E-state index is 11.1. The average Bonchev–Trinajstić information content (AvgIpc) is 2.36. The van der Waals surface area contributed by atoms with Crippen molar-refractivity contribution in [3.05, 3.63) is 47.5 Å². The van der Waals surface area contributed by atoms with Crippen molar-refractivity contribution in [1.82, 2.24) is 0 Å². The van der Waals surface area contributed by atoms with Crippen molar-refractivity contribution in [2.75, 3.05) is 0 Å². The normalized spacial score (nSPS) is 10.9. The second-order valence-corrected chi connectivity index (χ2v) is 3.88. The summed E-state index contributed by atoms with van der Waals surface area (Å²) < 4.78 is 0. The van der Waals surface area contributed by atoms with Gasteiger partial charge < -0.3 is 15.3 Å². The first-order chi connectivity index (χ1) is 9.00. The molecule has 0 radical (unpaired) electrons. The van der Waals surface area contributed by atoms with Crippen molar-refractivity contribution < 1.29 is 24.9 Å². The van der Waals surface area contributed by atoms with Crippen LogP contribution >= 0.6 is 0 Å². The van der Waals surface area contributed by atoms with Crippen molar-refractivity contribution in [2.24, 2.45) is 0 Å². The highest BCUT2D eigenvalue weighted by molar-refractivity contribution is 6.03. The molecule has 0 fully saturated rings. The Balaban J connectivity index is 2.80. The molecule has 0 bridgehead atoms. The zero-order chi connectivity index (χ0) is 14.0. The third-order valence-corrected chi connectivity index (χ3v) is 2.68. The van der Waals surface area contributed by atoms with Crippen molar-refractivity contribution in [1.29, 1.82) is 0 Å². The molecule has 0 aliphatic heterocycles. The van der Waals surface area contributed by atoms with Crippen LogP contribution in [-0.4, -0.2) is 27.3 Å². The number of aromatic hydroxyl groups is 1. The molecule has 0 aromatic heterocycles. The maximum Gasteiger partial charge on any atom is 0.339 e. The third-order valence-electron chi connectivity index (χ3n) is 2.68. The standard InChI is InChI=1S/C14H10O5/c15-12(16)6-5-10-9-4-2-1-3-8(9)7-11(13(10)17)14(18)19/h1-7,17H,(H,15,16)(H,18,19)/b6-5+. The predicted octanol–water partition coefficient (Wildman–Crippen LogP) is 2.34. The Bertz CT molecular complexity index is 700. The van der Waals surface area contributed by atoms with Crippen LogP contribution in [-0.2, 0) is 4.79 Å². The molecule has 0 aliphatic rings. The van der Waals surface area contributed by atoms with E-state index >= 15 is 0 Å². The number of fused-ring (bicyclic) bond motifs is 1. The SMILES string of the molecule is O=C(O)/C=C/c1c(O)c(C(=O)O)cc2ccccc12. The van der Waals surface area contributed by atoms with E-state index in [-0.39, 0.29) is 11.1 Å². The molecule has 5 heteroatoms. The summed E-state index contributed by atoms with van der Waals surface area (Å²) in [5, 5.41) is 28.8. The number of aliphatic carboxylic acids is 1. The predicted molar refractivity (Wildman–Crippen MR) is 69.2 cm³/mol. The summed E-state index contributed by atoms with van der Waals surface area (Å²) in [6.45, 7) is 0. The lowest BCUT2D eigenvalue weighted by molar-refractivity contribution is -0.131. The van der Waals surface area contributed by atoms with Crippen LogP contribution in [0.15, 0.2) is 36.4 Å². The minimum Gasteiger partial charge on any atom is -0.506 e. The number of aromatic carboxylic acids is 1. The molecule has 0 saturated heterocycles. The Hall–Kier alpha value is -2.82. The number of carboxylic acid groups (broad SMARTS) is 2. The zero-order valence-electron chi connectivity index (χ0n) is 9.70. The monoisotopic (exact) mass is 258 g/mol.